The van der Waals surface area contributed by atoms with Gasteiger partial charge in [0.25, 0.3) is 0 Å². The van der Waals surface area contributed by atoms with Crippen molar-refractivity contribution in [1.82, 2.24) is 29.2 Å². The van der Waals surface area contributed by atoms with Crippen LogP contribution in [0.3, 0.4) is 0 Å². The highest BCUT2D eigenvalue weighted by molar-refractivity contribution is 9.10. The summed E-state index contributed by atoms with van der Waals surface area (Å²) in [7, 11) is 0. The average Bonchev–Trinajstić information content (AvgIpc) is 3.29. The first-order valence-electron chi connectivity index (χ1n) is 8.79. The number of hydrogen-bond acceptors (Lipinski definition) is 7. The number of hydrogen-bond donors (Lipinski definition) is 1. The van der Waals surface area contributed by atoms with E-state index in [0.717, 1.165) is 0 Å². The van der Waals surface area contributed by atoms with E-state index in [1.807, 2.05) is 6.92 Å². The summed E-state index contributed by atoms with van der Waals surface area (Å²) in [5.74, 6) is -1.40. The van der Waals surface area contributed by atoms with Gasteiger partial charge in [-0.15, -0.1) is 0 Å². The zero-order valence-corrected chi connectivity index (χ0v) is 19.1. The molecule has 0 aliphatic heterocycles. The molecule has 30 heavy (non-hydrogen) atoms. The molecule has 0 radical (unpaired) electrons. The van der Waals surface area contributed by atoms with Crippen LogP contribution in [0.1, 0.15) is 40.3 Å². The predicted molar refractivity (Wildman–Crippen MR) is 114 cm³/mol. The van der Waals surface area contributed by atoms with Gasteiger partial charge in [0.2, 0.25) is 0 Å². The molecule has 4 aromatic rings. The number of aromatic nitrogens is 6. The van der Waals surface area contributed by atoms with Crippen molar-refractivity contribution in [2.24, 2.45) is 0 Å². The van der Waals surface area contributed by atoms with Gasteiger partial charge >= 0.3 is 11.9 Å². The molecular weight excluding hydrogens is 524 g/mol. The number of nitrogens with zero attached hydrogens (tertiary/aromatic N) is 6. The molecule has 0 aliphatic rings. The van der Waals surface area contributed by atoms with E-state index in [1.165, 1.54) is 15.2 Å². The van der Waals surface area contributed by atoms with Crippen LogP contribution in [0.5, 0.6) is 0 Å². The summed E-state index contributed by atoms with van der Waals surface area (Å²) in [5, 5.41) is 17.2. The lowest BCUT2D eigenvalue weighted by Gasteiger charge is -1.98. The summed E-state index contributed by atoms with van der Waals surface area (Å²) in [6.45, 7) is 3.96. The Morgan fingerprint density at radius 1 is 1.07 bits per heavy atom. The Balaban J connectivity index is 0.000000171. The second kappa shape index (κ2) is 9.30. The standard InChI is InChI=1S/2C9H8BrN3O2/c1-2-15-9(14)6-5-11-13-4-3-7(10)12-8(6)13;1-2-5-7(9(14)15)8-11-6(10)3-4-13(8)12-5/h3-5H,2H2,1H3;3-4H,2H2,1H3,(H,14,15). The van der Waals surface area contributed by atoms with Gasteiger partial charge in [-0.25, -0.2) is 28.6 Å². The molecule has 0 fully saturated rings. The number of aryl methyl sites for hydroxylation is 1. The Bertz CT molecular complexity index is 1240. The summed E-state index contributed by atoms with van der Waals surface area (Å²) in [4.78, 5) is 30.8. The zero-order valence-electron chi connectivity index (χ0n) is 15.9. The molecule has 10 nitrogen and oxygen atoms in total. The summed E-state index contributed by atoms with van der Waals surface area (Å²) in [6.07, 6.45) is 5.42. The SMILES string of the molecule is CCOC(=O)c1cnn2ccc(Br)nc12.CCc1nn2ccc(Br)nc2c1C(=O)O. The summed E-state index contributed by atoms with van der Waals surface area (Å²) in [5.41, 5.74) is 1.96. The molecule has 0 amide bonds. The van der Waals surface area contributed by atoms with Crippen molar-refractivity contribution >= 4 is 55.1 Å². The highest BCUT2D eigenvalue weighted by Gasteiger charge is 2.19. The maximum atomic E-state index is 11.5. The van der Waals surface area contributed by atoms with Crippen molar-refractivity contribution in [2.45, 2.75) is 20.3 Å². The first-order valence-corrected chi connectivity index (χ1v) is 10.4. The van der Waals surface area contributed by atoms with Gasteiger partial charge in [0.05, 0.1) is 18.5 Å². The van der Waals surface area contributed by atoms with Crippen molar-refractivity contribution in [3.8, 4) is 0 Å². The van der Waals surface area contributed by atoms with E-state index in [4.69, 9.17) is 9.84 Å². The normalized spacial score (nSPS) is 10.7. The average molecular weight is 540 g/mol. The molecule has 4 aromatic heterocycles. The Hall–Kier alpha value is -2.86. The van der Waals surface area contributed by atoms with E-state index in [0.29, 0.717) is 44.8 Å². The Kier molecular flexibility index (Phi) is 6.77. The maximum absolute atomic E-state index is 11.5. The monoisotopic (exact) mass is 538 g/mol. The van der Waals surface area contributed by atoms with Gasteiger partial charge in [-0.1, -0.05) is 6.92 Å². The van der Waals surface area contributed by atoms with Crippen molar-refractivity contribution < 1.29 is 19.4 Å². The van der Waals surface area contributed by atoms with Crippen LogP contribution in [-0.2, 0) is 11.2 Å². The van der Waals surface area contributed by atoms with Gasteiger partial charge in [-0.05, 0) is 57.3 Å². The third-order valence-corrected chi connectivity index (χ3v) is 4.79. The zero-order chi connectivity index (χ0) is 21.8. The molecule has 156 valence electrons. The predicted octanol–water partition coefficient (Wildman–Crippen LogP) is 3.42. The minimum absolute atomic E-state index is 0.179. The van der Waals surface area contributed by atoms with Crippen LogP contribution >= 0.6 is 31.9 Å². The molecule has 12 heteroatoms. The molecule has 0 saturated carbocycles. The van der Waals surface area contributed by atoms with Gasteiger partial charge < -0.3 is 9.84 Å². The number of halogens is 2. The van der Waals surface area contributed by atoms with Crippen LogP contribution in [0.15, 0.2) is 39.9 Å². The minimum atomic E-state index is -0.993. The molecule has 0 atom stereocenters. The fourth-order valence-electron chi connectivity index (χ4n) is 2.62. The number of esters is 1. The van der Waals surface area contributed by atoms with Crippen molar-refractivity contribution in [3.05, 3.63) is 56.8 Å². The fourth-order valence-corrected chi connectivity index (χ4v) is 3.19. The second-order valence-electron chi connectivity index (χ2n) is 5.80. The molecule has 0 spiro atoms. The summed E-state index contributed by atoms with van der Waals surface area (Å²) < 4.78 is 9.14. The molecule has 4 heterocycles. The number of aromatic carboxylic acids is 1. The largest absolute Gasteiger partial charge is 0.477 e. The van der Waals surface area contributed by atoms with E-state index < -0.39 is 11.9 Å². The van der Waals surface area contributed by atoms with E-state index in [9.17, 15) is 9.59 Å². The lowest BCUT2D eigenvalue weighted by molar-refractivity contribution is 0.0527. The minimum Gasteiger partial charge on any atom is -0.477 e. The number of carbonyl (C=O) groups is 2. The van der Waals surface area contributed by atoms with E-state index in [2.05, 4.69) is 52.0 Å². The van der Waals surface area contributed by atoms with Crippen LogP contribution < -0.4 is 0 Å². The number of ether oxygens (including phenoxy) is 1. The molecule has 0 bridgehead atoms. The lowest BCUT2D eigenvalue weighted by atomic mass is 10.2. The Morgan fingerprint density at radius 3 is 2.30 bits per heavy atom. The lowest BCUT2D eigenvalue weighted by Crippen LogP contribution is -2.04. The van der Waals surface area contributed by atoms with Crippen LogP contribution in [0, 0.1) is 0 Å². The first-order chi connectivity index (χ1) is 14.3. The van der Waals surface area contributed by atoms with Gasteiger partial charge in [0.15, 0.2) is 11.3 Å². The maximum Gasteiger partial charge on any atom is 0.343 e. The number of fused-ring (bicyclic) bond motifs is 2. The van der Waals surface area contributed by atoms with Crippen LogP contribution in [0.2, 0.25) is 0 Å². The molecule has 0 aromatic carbocycles. The number of carboxylic acid groups (broad SMARTS) is 1. The quantitative estimate of drug-likeness (QED) is 0.309. The number of carbonyl (C=O) groups excluding carboxylic acids is 1. The third-order valence-electron chi connectivity index (χ3n) is 3.90. The summed E-state index contributed by atoms with van der Waals surface area (Å²) >= 11 is 6.44. The highest BCUT2D eigenvalue weighted by Crippen LogP contribution is 2.17. The van der Waals surface area contributed by atoms with Crippen molar-refractivity contribution in [1.29, 1.82) is 0 Å². The number of carboxylic acids is 1. The van der Waals surface area contributed by atoms with Gasteiger partial charge in [0, 0.05) is 12.4 Å². The van der Waals surface area contributed by atoms with Crippen molar-refractivity contribution in [3.63, 3.8) is 0 Å². The van der Waals surface area contributed by atoms with Gasteiger partial charge in [0.1, 0.15) is 20.3 Å². The van der Waals surface area contributed by atoms with Crippen LogP contribution in [0.4, 0.5) is 0 Å². The molecule has 1 N–H and O–H groups in total. The molecule has 0 aliphatic carbocycles. The van der Waals surface area contributed by atoms with Crippen molar-refractivity contribution in [2.75, 3.05) is 6.61 Å². The topological polar surface area (TPSA) is 124 Å². The van der Waals surface area contributed by atoms with E-state index in [-0.39, 0.29) is 5.56 Å². The molecule has 0 unspecified atom stereocenters. The molecule has 0 saturated heterocycles. The smallest absolute Gasteiger partial charge is 0.343 e. The third kappa shape index (κ3) is 4.49. The fraction of sp³-hybridized carbons (Fsp3) is 0.222. The first kappa shape index (κ1) is 21.8. The van der Waals surface area contributed by atoms with Crippen LogP contribution in [-0.4, -0.2) is 52.8 Å². The summed E-state index contributed by atoms with van der Waals surface area (Å²) in [6, 6.07) is 3.46. The number of rotatable bonds is 4. The molecule has 4 rings (SSSR count). The van der Waals surface area contributed by atoms with E-state index >= 15 is 0 Å². The molecular formula is C18H16Br2N6O4. The Morgan fingerprint density at radius 2 is 1.70 bits per heavy atom. The Labute approximate surface area is 187 Å². The van der Waals surface area contributed by atoms with Crippen LogP contribution in [0.25, 0.3) is 11.3 Å². The second-order valence-corrected chi connectivity index (χ2v) is 7.42. The highest BCUT2D eigenvalue weighted by atomic mass is 79.9. The van der Waals surface area contributed by atoms with E-state index in [1.54, 1.807) is 31.5 Å². The van der Waals surface area contributed by atoms with Gasteiger partial charge in [-0.3, -0.25) is 0 Å². The van der Waals surface area contributed by atoms with Gasteiger partial charge in [-0.2, -0.15) is 10.2 Å².